The average Bonchev–Trinajstić information content (AvgIpc) is 3.56. The van der Waals surface area contributed by atoms with Gasteiger partial charge in [-0.05, 0) is 68.0 Å². The minimum Gasteiger partial charge on any atom is -0.512 e. The van der Waals surface area contributed by atoms with E-state index in [1.54, 1.807) is 24.3 Å². The van der Waals surface area contributed by atoms with Crippen LogP contribution in [0.5, 0.6) is 0 Å². The molecule has 0 spiro atoms. The molecule has 0 unspecified atom stereocenters. The largest absolute Gasteiger partial charge is 0.512 e. The number of fused-ring (bicyclic) bond motifs is 6. The van der Waals surface area contributed by atoms with Crippen molar-refractivity contribution < 1.29 is 45.4 Å². The third-order valence-corrected chi connectivity index (χ3v) is 9.78. The number of ketones is 1. The Balaban J connectivity index is 0.000000439. The Morgan fingerprint density at radius 2 is 1.60 bits per heavy atom. The summed E-state index contributed by atoms with van der Waals surface area (Å²) in [6.07, 6.45) is 3.38. The Morgan fingerprint density at radius 3 is 2.23 bits per heavy atom. The molecular weight excluding hydrogens is 833 g/mol. The summed E-state index contributed by atoms with van der Waals surface area (Å²) in [4.78, 5) is 20.7. The molecule has 1 N–H and O–H groups in total. The van der Waals surface area contributed by atoms with E-state index >= 15 is 0 Å². The van der Waals surface area contributed by atoms with E-state index in [9.17, 15) is 9.90 Å². The van der Waals surface area contributed by atoms with Crippen LogP contribution < -0.4 is 0 Å². The number of carbonyl (C=O) groups excluding carboxylic acids is 1. The molecule has 2 aromatic heterocycles. The topological polar surface area (TPSA) is 76.2 Å². The molecule has 0 atom stereocenters. The van der Waals surface area contributed by atoms with Crippen molar-refractivity contribution in [3.8, 4) is 11.3 Å². The van der Waals surface area contributed by atoms with Gasteiger partial charge in [0.1, 0.15) is 11.4 Å². The molecular formula is C47H57IrN2O3-. The molecule has 6 heteroatoms. The summed E-state index contributed by atoms with van der Waals surface area (Å²) in [5.74, 6) is -0.0345. The number of aliphatic hydroxyl groups excluding tert-OH is 1. The molecule has 1 radical (unpaired) electrons. The van der Waals surface area contributed by atoms with Gasteiger partial charge in [0.05, 0.1) is 5.76 Å². The first-order valence-electron chi connectivity index (χ1n) is 22.5. The molecule has 6 aromatic rings. The number of aromatic nitrogens is 2. The van der Waals surface area contributed by atoms with E-state index in [4.69, 9.17) is 15.4 Å². The van der Waals surface area contributed by atoms with Gasteiger partial charge in [0.25, 0.3) is 0 Å². The average molecular weight is 898 g/mol. The standard InChI is InChI=1S/C34H33N2O.C13H24O2.Ir/c1-19(2)14-22-9-12-26-23(16-22)11-13-27-30-31(35-21(4)36-33(30)37-32(26)27)25-17-24-10-8-20(3)15-28(24)29(18-25)34(5,6)7;1-5-10(6-2)12(14)9-13(15)11(7-3)8-4;/h8-13,15-16,18-19H,14H2,1-7H3;9-11,14H,5-8H2,1-4H3;/q-1;;/b;12-9-;/i3D3,4D3,14D2;;. The number of carbonyl (C=O) groups is 1. The number of aryl methyl sites for hydroxylation is 2. The number of furan rings is 1. The Morgan fingerprint density at radius 1 is 0.906 bits per heavy atom. The molecule has 0 aliphatic heterocycles. The van der Waals surface area contributed by atoms with E-state index in [-0.39, 0.29) is 66.5 Å². The molecule has 0 saturated heterocycles. The van der Waals surface area contributed by atoms with Crippen molar-refractivity contribution in [1.82, 2.24) is 9.97 Å². The van der Waals surface area contributed by atoms with Crippen molar-refractivity contribution in [2.24, 2.45) is 17.8 Å². The molecule has 6 rings (SSSR count). The predicted octanol–water partition coefficient (Wildman–Crippen LogP) is 13.1. The van der Waals surface area contributed by atoms with E-state index in [1.165, 1.54) is 6.08 Å². The van der Waals surface area contributed by atoms with Crippen LogP contribution in [0.2, 0.25) is 0 Å². The van der Waals surface area contributed by atoms with Crippen molar-refractivity contribution in [2.75, 3.05) is 0 Å². The van der Waals surface area contributed by atoms with E-state index in [2.05, 4.69) is 16.0 Å². The van der Waals surface area contributed by atoms with Crippen LogP contribution in [0.15, 0.2) is 70.8 Å². The van der Waals surface area contributed by atoms with E-state index in [1.807, 2.05) is 92.6 Å². The number of hydrogen-bond donors (Lipinski definition) is 1. The molecule has 53 heavy (non-hydrogen) atoms. The summed E-state index contributed by atoms with van der Waals surface area (Å²) >= 11 is 0. The van der Waals surface area contributed by atoms with E-state index < -0.39 is 25.5 Å². The summed E-state index contributed by atoms with van der Waals surface area (Å²) in [6, 6.07) is 19.5. The van der Waals surface area contributed by atoms with Gasteiger partial charge < -0.3 is 9.52 Å². The quantitative estimate of drug-likeness (QED) is 0.0842. The Kier molecular flexibility index (Phi) is 10.4. The summed E-state index contributed by atoms with van der Waals surface area (Å²) in [5, 5.41) is 13.9. The summed E-state index contributed by atoms with van der Waals surface area (Å²) in [7, 11) is 0. The molecule has 283 valence electrons. The van der Waals surface area contributed by atoms with Crippen LogP contribution in [0, 0.1) is 37.5 Å². The summed E-state index contributed by atoms with van der Waals surface area (Å²) in [5.41, 5.74) is 2.77. The molecule has 4 aromatic carbocycles. The Hall–Kier alpha value is -3.86. The van der Waals surface area contributed by atoms with Crippen molar-refractivity contribution >= 4 is 49.4 Å². The van der Waals surface area contributed by atoms with Gasteiger partial charge in [0, 0.05) is 70.8 Å². The number of aliphatic hydroxyl groups is 1. The minimum absolute atomic E-state index is 0. The number of allylic oxidation sites excluding steroid dienone is 2. The maximum atomic E-state index is 11.7. The van der Waals surface area contributed by atoms with Crippen LogP contribution >= 0.6 is 0 Å². The molecule has 5 nitrogen and oxygen atoms in total. The minimum atomic E-state index is -2.61. The molecule has 0 amide bonds. The predicted molar refractivity (Wildman–Crippen MR) is 219 cm³/mol. The number of benzene rings is 4. The van der Waals surface area contributed by atoms with Gasteiger partial charge in [-0.25, -0.2) is 0 Å². The number of hydrogen-bond acceptors (Lipinski definition) is 5. The maximum absolute atomic E-state index is 11.7. The van der Waals surface area contributed by atoms with Gasteiger partial charge in [-0.15, -0.1) is 29.1 Å². The van der Waals surface area contributed by atoms with Crippen LogP contribution in [-0.4, -0.2) is 20.9 Å². The van der Waals surface area contributed by atoms with Gasteiger partial charge in [0.15, 0.2) is 5.78 Å². The second-order valence-corrected chi connectivity index (χ2v) is 15.0. The number of rotatable bonds is 10. The third-order valence-electron chi connectivity index (χ3n) is 9.78. The van der Waals surface area contributed by atoms with E-state index in [0.717, 1.165) is 47.4 Å². The van der Waals surface area contributed by atoms with Crippen LogP contribution in [0.1, 0.15) is 121 Å². The van der Waals surface area contributed by atoms with Crippen LogP contribution in [0.4, 0.5) is 0 Å². The van der Waals surface area contributed by atoms with Crippen LogP contribution in [-0.2, 0) is 36.7 Å². The van der Waals surface area contributed by atoms with Crippen LogP contribution in [0.25, 0.3) is 54.9 Å². The van der Waals surface area contributed by atoms with Gasteiger partial charge in [-0.3, -0.25) is 9.78 Å². The molecule has 0 aliphatic rings. The van der Waals surface area contributed by atoms with Gasteiger partial charge in [0.2, 0.25) is 5.71 Å². The fourth-order valence-electron chi connectivity index (χ4n) is 6.89. The second kappa shape index (κ2) is 17.5. The molecule has 2 heterocycles. The summed E-state index contributed by atoms with van der Waals surface area (Å²) < 4.78 is 71.5. The van der Waals surface area contributed by atoms with E-state index in [0.29, 0.717) is 38.6 Å². The Bertz CT molecular complexity index is 2560. The Labute approximate surface area is 341 Å². The first-order valence-corrected chi connectivity index (χ1v) is 18.5. The van der Waals surface area contributed by atoms with Crippen molar-refractivity contribution in [1.29, 1.82) is 0 Å². The smallest absolute Gasteiger partial charge is 0.223 e. The normalized spacial score (nSPS) is 15.3. The first kappa shape index (κ1) is 31.5. The fraction of sp³-hybridized carbons (Fsp3) is 0.426. The maximum Gasteiger partial charge on any atom is 0.223 e. The number of nitrogens with zero attached hydrogens (tertiary/aromatic N) is 2. The first-order chi connectivity index (χ1) is 27.9. The van der Waals surface area contributed by atoms with Crippen molar-refractivity contribution in [3.63, 3.8) is 0 Å². The molecule has 0 bridgehead atoms. The zero-order chi connectivity index (χ0) is 44.7. The zero-order valence-electron chi connectivity index (χ0n) is 40.3. The third kappa shape index (κ3) is 9.27. The second-order valence-electron chi connectivity index (χ2n) is 15.0. The molecule has 0 aliphatic carbocycles. The SMILES string of the molecule is CCC(CC)C(=O)/C=C(\O)C(CC)CC.[2H]C([2H])([2H])c1ccc2[c-]c(-c3nc(C([2H])([2H])[2H])nc4oc5c6ccc(C([2H])([2H])C(C)C)cc6ccc5c34)cc(C(C)(C)C)c2c1.[Ir]. The molecule has 0 fully saturated rings. The summed E-state index contributed by atoms with van der Waals surface area (Å²) in [6.45, 7) is 13.0. The van der Waals surface area contributed by atoms with Gasteiger partial charge in [-0.2, -0.15) is 4.98 Å². The van der Waals surface area contributed by atoms with Crippen molar-refractivity contribution in [2.45, 2.75) is 113 Å². The molecule has 0 saturated carbocycles. The monoisotopic (exact) mass is 898 g/mol. The fourth-order valence-corrected chi connectivity index (χ4v) is 6.89. The van der Waals surface area contributed by atoms with Gasteiger partial charge in [-0.1, -0.05) is 121 Å². The van der Waals surface area contributed by atoms with Crippen molar-refractivity contribution in [3.05, 3.63) is 95.0 Å². The zero-order valence-corrected chi connectivity index (χ0v) is 34.7. The van der Waals surface area contributed by atoms with Gasteiger partial charge >= 0.3 is 0 Å². The van der Waals surface area contributed by atoms with Crippen LogP contribution in [0.3, 0.4) is 0 Å².